The molecule has 0 fully saturated rings. The van der Waals surface area contributed by atoms with Crippen molar-refractivity contribution in [2.24, 2.45) is 0 Å². The van der Waals surface area contributed by atoms with Crippen LogP contribution < -0.4 is 0 Å². The molecule has 3 heteroatoms. The van der Waals surface area contributed by atoms with Crippen LogP contribution in [-0.4, -0.2) is 40.0 Å². The van der Waals surface area contributed by atoms with Crippen LogP contribution in [0.2, 0.25) is 0 Å². The highest BCUT2D eigenvalue weighted by atomic mass is 31.1. The zero-order chi connectivity index (χ0) is 16.3. The number of rotatable bonds is 6. The Labute approximate surface area is 136 Å². The Hall–Kier alpha value is 0.510. The average molecular weight is 342 g/mol. The molecule has 120 valence electrons. The Morgan fingerprint density at radius 2 is 0.667 bits per heavy atom. The Morgan fingerprint density at radius 3 is 0.810 bits per heavy atom. The summed E-state index contributed by atoms with van der Waals surface area (Å²) in [6, 6.07) is 0. The molecule has 1 rings (SSSR count). The minimum absolute atomic E-state index is 0.126. The molecule has 0 spiro atoms. The Kier molecular flexibility index (Phi) is 7.81. The maximum Gasteiger partial charge on any atom is -0.00726 e. The van der Waals surface area contributed by atoms with E-state index < -0.39 is 0 Å². The first kappa shape index (κ1) is 19.6. The van der Waals surface area contributed by atoms with E-state index in [1.807, 2.05) is 0 Å². The van der Waals surface area contributed by atoms with Crippen molar-refractivity contribution in [2.45, 2.75) is 39.3 Å². The standard InChI is InChI=1S/C18H33P3/c1-13-16(10-19(4)5)14(2)18(12-21(8)9)15(3)17(13)11-20(6)7/h10-12H2,1-9H3. The zero-order valence-electron chi connectivity index (χ0n) is 15.5. The summed E-state index contributed by atoms with van der Waals surface area (Å²) in [5.41, 5.74) is 9.86. The molecule has 0 saturated carbocycles. The van der Waals surface area contributed by atoms with E-state index in [4.69, 9.17) is 0 Å². The van der Waals surface area contributed by atoms with Crippen LogP contribution in [0.3, 0.4) is 0 Å². The molecule has 0 radical (unpaired) electrons. The van der Waals surface area contributed by atoms with Gasteiger partial charge in [0.1, 0.15) is 0 Å². The number of hydrogen-bond donors (Lipinski definition) is 0. The van der Waals surface area contributed by atoms with E-state index >= 15 is 0 Å². The van der Waals surface area contributed by atoms with Crippen LogP contribution in [0.5, 0.6) is 0 Å². The molecule has 0 atom stereocenters. The van der Waals surface area contributed by atoms with Gasteiger partial charge in [-0.25, -0.2) is 0 Å². The molecule has 0 nitrogen and oxygen atoms in total. The van der Waals surface area contributed by atoms with Crippen molar-refractivity contribution >= 4 is 23.8 Å². The first-order valence-corrected chi connectivity index (χ1v) is 15.0. The van der Waals surface area contributed by atoms with Gasteiger partial charge >= 0.3 is 0 Å². The first-order valence-electron chi connectivity index (χ1n) is 7.69. The summed E-state index contributed by atoms with van der Waals surface area (Å²) in [6.07, 6.45) is 3.89. The van der Waals surface area contributed by atoms with Gasteiger partial charge in [0.05, 0.1) is 0 Å². The fourth-order valence-electron chi connectivity index (χ4n) is 3.05. The molecule has 1 aromatic rings. The highest BCUT2D eigenvalue weighted by molar-refractivity contribution is 7.55. The SMILES string of the molecule is Cc1c(CP(C)C)c(C)c(CP(C)C)c(C)c1CP(C)C. The molecule has 0 aliphatic heterocycles. The molecule has 0 N–H and O–H groups in total. The van der Waals surface area contributed by atoms with Crippen LogP contribution >= 0.6 is 23.8 Å². The minimum Gasteiger partial charge on any atom is -0.109 e. The molecule has 1 aromatic carbocycles. The van der Waals surface area contributed by atoms with E-state index in [0.717, 1.165) is 0 Å². The summed E-state index contributed by atoms with van der Waals surface area (Å²) in [5.74, 6) is 0. The molecule has 0 aromatic heterocycles. The smallest absolute Gasteiger partial charge is 0.00726 e. The zero-order valence-corrected chi connectivity index (χ0v) is 18.1. The van der Waals surface area contributed by atoms with Gasteiger partial charge in [-0.1, -0.05) is 0 Å². The van der Waals surface area contributed by atoms with Gasteiger partial charge in [0, 0.05) is 0 Å². The lowest BCUT2D eigenvalue weighted by molar-refractivity contribution is 1.09. The fourth-order valence-corrected chi connectivity index (χ4v) is 6.37. The summed E-state index contributed by atoms with van der Waals surface area (Å²) < 4.78 is 0. The van der Waals surface area contributed by atoms with Crippen LogP contribution in [0, 0.1) is 20.8 Å². The van der Waals surface area contributed by atoms with Crippen LogP contribution in [-0.2, 0) is 18.5 Å². The monoisotopic (exact) mass is 342 g/mol. The summed E-state index contributed by atoms with van der Waals surface area (Å²) in [7, 11) is 0.379. The molecular weight excluding hydrogens is 309 g/mol. The summed E-state index contributed by atoms with van der Waals surface area (Å²) in [5, 5.41) is 0. The van der Waals surface area contributed by atoms with Crippen molar-refractivity contribution in [1.29, 1.82) is 0 Å². The van der Waals surface area contributed by atoms with Crippen molar-refractivity contribution < 1.29 is 0 Å². The number of hydrogen-bond acceptors (Lipinski definition) is 0. The largest absolute Gasteiger partial charge is 0.109 e. The molecule has 0 saturated heterocycles. The molecule has 21 heavy (non-hydrogen) atoms. The van der Waals surface area contributed by atoms with E-state index in [1.54, 1.807) is 33.4 Å². The van der Waals surface area contributed by atoms with Crippen molar-refractivity contribution in [3.05, 3.63) is 33.4 Å². The van der Waals surface area contributed by atoms with E-state index in [-0.39, 0.29) is 23.8 Å². The van der Waals surface area contributed by atoms with E-state index in [1.165, 1.54) is 18.5 Å². The Bertz CT molecular complexity index is 395. The maximum absolute atomic E-state index is 2.41. The highest BCUT2D eigenvalue weighted by Crippen LogP contribution is 2.43. The third-order valence-corrected chi connectivity index (χ3v) is 6.99. The molecule has 0 heterocycles. The van der Waals surface area contributed by atoms with Gasteiger partial charge in [-0.15, -0.1) is 23.8 Å². The Balaban J connectivity index is 3.49. The van der Waals surface area contributed by atoms with Gasteiger partial charge in [0.15, 0.2) is 0 Å². The van der Waals surface area contributed by atoms with Gasteiger partial charge in [-0.05, 0) is 113 Å². The van der Waals surface area contributed by atoms with E-state index in [0.29, 0.717) is 0 Å². The predicted octanol–water partition coefficient (Wildman–Crippen LogP) is 6.34. The molecule has 0 unspecified atom stereocenters. The minimum atomic E-state index is 0.126. The lowest BCUT2D eigenvalue weighted by atomic mass is 9.90. The second-order valence-corrected chi connectivity index (χ2v) is 14.5. The fraction of sp³-hybridized carbons (Fsp3) is 0.667. The van der Waals surface area contributed by atoms with Gasteiger partial charge in [-0.2, -0.15) is 0 Å². The summed E-state index contributed by atoms with van der Waals surface area (Å²) in [4.78, 5) is 0. The van der Waals surface area contributed by atoms with Crippen molar-refractivity contribution in [3.63, 3.8) is 0 Å². The lowest BCUT2D eigenvalue weighted by Crippen LogP contribution is -2.07. The third-order valence-electron chi connectivity index (χ3n) is 4.14. The average Bonchev–Trinajstić information content (AvgIpc) is 2.35. The van der Waals surface area contributed by atoms with Crippen LogP contribution in [0.1, 0.15) is 33.4 Å². The number of benzene rings is 1. The van der Waals surface area contributed by atoms with E-state index in [9.17, 15) is 0 Å². The molecule has 0 amide bonds. The van der Waals surface area contributed by atoms with Gasteiger partial charge in [0.25, 0.3) is 0 Å². The van der Waals surface area contributed by atoms with Gasteiger partial charge in [-0.3, -0.25) is 0 Å². The van der Waals surface area contributed by atoms with Gasteiger partial charge in [0.2, 0.25) is 0 Å². The molecular formula is C18H33P3. The topological polar surface area (TPSA) is 0 Å². The highest BCUT2D eigenvalue weighted by Gasteiger charge is 2.18. The Morgan fingerprint density at radius 1 is 0.476 bits per heavy atom. The van der Waals surface area contributed by atoms with Crippen molar-refractivity contribution in [1.82, 2.24) is 0 Å². The third kappa shape index (κ3) is 5.27. The molecule has 0 bridgehead atoms. The quantitative estimate of drug-likeness (QED) is 0.529. The van der Waals surface area contributed by atoms with Crippen LogP contribution in [0.15, 0.2) is 0 Å². The lowest BCUT2D eigenvalue weighted by Gasteiger charge is -2.25. The van der Waals surface area contributed by atoms with E-state index in [2.05, 4.69) is 60.8 Å². The normalized spacial score (nSPS) is 12.0. The molecule has 0 aliphatic rings. The summed E-state index contributed by atoms with van der Waals surface area (Å²) in [6.45, 7) is 21.6. The summed E-state index contributed by atoms with van der Waals surface area (Å²) >= 11 is 0. The second kappa shape index (κ2) is 8.39. The van der Waals surface area contributed by atoms with Gasteiger partial charge < -0.3 is 0 Å². The first-order chi connectivity index (χ1) is 9.65. The predicted molar refractivity (Wildman–Crippen MR) is 108 cm³/mol. The van der Waals surface area contributed by atoms with Crippen molar-refractivity contribution in [3.8, 4) is 0 Å². The van der Waals surface area contributed by atoms with Crippen LogP contribution in [0.25, 0.3) is 0 Å². The molecule has 0 aliphatic carbocycles. The van der Waals surface area contributed by atoms with Crippen molar-refractivity contribution in [2.75, 3.05) is 40.0 Å². The maximum atomic E-state index is 2.41. The second-order valence-electron chi connectivity index (χ2n) is 7.02. The van der Waals surface area contributed by atoms with Crippen LogP contribution in [0.4, 0.5) is 0 Å².